The van der Waals surface area contributed by atoms with Gasteiger partial charge in [-0.3, -0.25) is 9.59 Å². The van der Waals surface area contributed by atoms with E-state index < -0.39 is 12.1 Å². The molecule has 0 aliphatic heterocycles. The predicted octanol–water partition coefficient (Wildman–Crippen LogP) is 2.69. The topological polar surface area (TPSA) is 66.8 Å². The molecule has 110 valence electrons. The first-order valence-corrected chi connectivity index (χ1v) is 6.64. The van der Waals surface area contributed by atoms with Crippen molar-refractivity contribution in [2.75, 3.05) is 13.6 Å². The predicted molar refractivity (Wildman–Crippen MR) is 76.4 cm³/mol. The number of hydrogen-bond acceptors (Lipinski definition) is 3. The van der Waals surface area contributed by atoms with Crippen LogP contribution in [0.2, 0.25) is 10.0 Å². The monoisotopic (exact) mass is 319 g/mol. The van der Waals surface area contributed by atoms with Gasteiger partial charge in [0.1, 0.15) is 5.75 Å². The normalized spacial score (nSPS) is 11.8. The number of carbonyl (C=O) groups excluding carboxylic acids is 1. The van der Waals surface area contributed by atoms with E-state index in [0.717, 1.165) is 0 Å². The van der Waals surface area contributed by atoms with Gasteiger partial charge in [-0.25, -0.2) is 0 Å². The van der Waals surface area contributed by atoms with E-state index in [2.05, 4.69) is 0 Å². The number of carboxylic acids is 1. The third-order valence-electron chi connectivity index (χ3n) is 2.53. The number of aliphatic carboxylic acids is 1. The van der Waals surface area contributed by atoms with Gasteiger partial charge in [-0.1, -0.05) is 23.2 Å². The first-order chi connectivity index (χ1) is 9.29. The molecule has 0 heterocycles. The average Bonchev–Trinajstić information content (AvgIpc) is 2.33. The Kier molecular flexibility index (Phi) is 6.10. The van der Waals surface area contributed by atoms with E-state index in [1.165, 1.54) is 11.9 Å². The maximum Gasteiger partial charge on any atom is 0.305 e. The van der Waals surface area contributed by atoms with Gasteiger partial charge in [-0.05, 0) is 25.1 Å². The van der Waals surface area contributed by atoms with Crippen LogP contribution in [0.1, 0.15) is 13.3 Å². The smallest absolute Gasteiger partial charge is 0.305 e. The highest BCUT2D eigenvalue weighted by atomic mass is 35.5. The Bertz CT molecular complexity index is 487. The molecule has 1 aromatic rings. The standard InChI is InChI=1S/C13H15Cl2NO4/c1-8(13(19)16(2)4-3-12(17)18)20-11-6-9(14)5-10(15)7-11/h5-8H,3-4H2,1-2H3,(H,17,18). The Hall–Kier alpha value is -1.46. The van der Waals surface area contributed by atoms with Crippen LogP contribution in [0.25, 0.3) is 0 Å². The van der Waals surface area contributed by atoms with Crippen LogP contribution < -0.4 is 4.74 Å². The van der Waals surface area contributed by atoms with E-state index in [4.69, 9.17) is 33.0 Å². The summed E-state index contributed by atoms with van der Waals surface area (Å²) in [6.07, 6.45) is -0.874. The maximum absolute atomic E-state index is 12.0. The molecule has 7 heteroatoms. The molecule has 5 nitrogen and oxygen atoms in total. The number of likely N-dealkylation sites (N-methyl/N-ethyl adjacent to an activating group) is 1. The first kappa shape index (κ1) is 16.6. The second-order valence-corrected chi connectivity index (χ2v) is 5.14. The van der Waals surface area contributed by atoms with E-state index in [-0.39, 0.29) is 18.9 Å². The number of carbonyl (C=O) groups is 2. The number of amides is 1. The van der Waals surface area contributed by atoms with Crippen molar-refractivity contribution in [3.05, 3.63) is 28.2 Å². The number of rotatable bonds is 6. The second-order valence-electron chi connectivity index (χ2n) is 4.27. The van der Waals surface area contributed by atoms with Crippen molar-refractivity contribution in [1.82, 2.24) is 4.90 Å². The summed E-state index contributed by atoms with van der Waals surface area (Å²) in [5.41, 5.74) is 0. The molecule has 0 bridgehead atoms. The summed E-state index contributed by atoms with van der Waals surface area (Å²) in [4.78, 5) is 23.7. The van der Waals surface area contributed by atoms with Crippen molar-refractivity contribution in [1.29, 1.82) is 0 Å². The highest BCUT2D eigenvalue weighted by Gasteiger charge is 2.20. The zero-order valence-electron chi connectivity index (χ0n) is 11.1. The third kappa shape index (κ3) is 5.27. The molecular formula is C13H15Cl2NO4. The van der Waals surface area contributed by atoms with Crippen LogP contribution in [0.4, 0.5) is 0 Å². The van der Waals surface area contributed by atoms with Crippen LogP contribution >= 0.6 is 23.2 Å². The fraction of sp³-hybridized carbons (Fsp3) is 0.385. The molecule has 0 fully saturated rings. The fourth-order valence-corrected chi connectivity index (χ4v) is 2.04. The zero-order chi connectivity index (χ0) is 15.3. The minimum Gasteiger partial charge on any atom is -0.481 e. The number of benzene rings is 1. The Morgan fingerprint density at radius 3 is 2.35 bits per heavy atom. The number of halogens is 2. The molecule has 1 aromatic carbocycles. The van der Waals surface area contributed by atoms with Crippen molar-refractivity contribution in [3.63, 3.8) is 0 Å². The van der Waals surface area contributed by atoms with Gasteiger partial charge in [0.15, 0.2) is 6.10 Å². The third-order valence-corrected chi connectivity index (χ3v) is 2.97. The Morgan fingerprint density at radius 2 is 1.85 bits per heavy atom. The minimum absolute atomic E-state index is 0.113. The molecule has 1 rings (SSSR count). The summed E-state index contributed by atoms with van der Waals surface area (Å²) in [5, 5.41) is 9.40. The van der Waals surface area contributed by atoms with Crippen molar-refractivity contribution in [2.45, 2.75) is 19.4 Å². The summed E-state index contributed by atoms with van der Waals surface area (Å²) in [6, 6.07) is 4.66. The summed E-state index contributed by atoms with van der Waals surface area (Å²) in [6.45, 7) is 1.70. The van der Waals surface area contributed by atoms with E-state index >= 15 is 0 Å². The lowest BCUT2D eigenvalue weighted by atomic mass is 10.3. The molecule has 1 N–H and O–H groups in total. The van der Waals surface area contributed by atoms with Gasteiger partial charge in [-0.15, -0.1) is 0 Å². The van der Waals surface area contributed by atoms with Gasteiger partial charge in [0.2, 0.25) is 0 Å². The second kappa shape index (κ2) is 7.36. The van der Waals surface area contributed by atoms with E-state index in [0.29, 0.717) is 15.8 Å². The van der Waals surface area contributed by atoms with Crippen LogP contribution in [0.3, 0.4) is 0 Å². The van der Waals surface area contributed by atoms with Crippen molar-refractivity contribution < 1.29 is 19.4 Å². The van der Waals surface area contributed by atoms with Crippen LogP contribution in [-0.4, -0.2) is 41.6 Å². The van der Waals surface area contributed by atoms with Gasteiger partial charge in [0.25, 0.3) is 5.91 Å². The lowest BCUT2D eigenvalue weighted by Gasteiger charge is -2.21. The molecule has 0 radical (unpaired) electrons. The molecule has 0 aliphatic rings. The number of carboxylic acid groups (broad SMARTS) is 1. The lowest BCUT2D eigenvalue weighted by Crippen LogP contribution is -2.39. The summed E-state index contributed by atoms with van der Waals surface area (Å²) in [7, 11) is 1.52. The quantitative estimate of drug-likeness (QED) is 0.875. The molecule has 20 heavy (non-hydrogen) atoms. The molecule has 0 aromatic heterocycles. The van der Waals surface area contributed by atoms with Crippen LogP contribution in [0.5, 0.6) is 5.75 Å². The molecule has 0 saturated carbocycles. The van der Waals surface area contributed by atoms with Crippen LogP contribution in [-0.2, 0) is 9.59 Å². The maximum atomic E-state index is 12.0. The van der Waals surface area contributed by atoms with Crippen LogP contribution in [0.15, 0.2) is 18.2 Å². The summed E-state index contributed by atoms with van der Waals surface area (Å²) < 4.78 is 5.46. The molecule has 1 unspecified atom stereocenters. The SMILES string of the molecule is CC(Oc1cc(Cl)cc(Cl)c1)C(=O)N(C)CCC(=O)O. The van der Waals surface area contributed by atoms with Crippen molar-refractivity contribution >= 4 is 35.1 Å². The fourth-order valence-electron chi connectivity index (χ4n) is 1.54. The number of ether oxygens (including phenoxy) is 1. The molecule has 0 spiro atoms. The average molecular weight is 320 g/mol. The zero-order valence-corrected chi connectivity index (χ0v) is 12.6. The molecule has 0 saturated heterocycles. The Morgan fingerprint density at radius 1 is 1.30 bits per heavy atom. The number of nitrogens with zero attached hydrogens (tertiary/aromatic N) is 1. The molecular weight excluding hydrogens is 305 g/mol. The summed E-state index contributed by atoms with van der Waals surface area (Å²) in [5.74, 6) is -0.892. The Balaban J connectivity index is 2.62. The Labute approximate surface area is 127 Å². The number of hydrogen-bond donors (Lipinski definition) is 1. The lowest BCUT2D eigenvalue weighted by molar-refractivity contribution is -0.140. The molecule has 1 atom stereocenters. The van der Waals surface area contributed by atoms with Gasteiger partial charge in [-0.2, -0.15) is 0 Å². The first-order valence-electron chi connectivity index (χ1n) is 5.89. The largest absolute Gasteiger partial charge is 0.481 e. The highest BCUT2D eigenvalue weighted by molar-refractivity contribution is 6.34. The van der Waals surface area contributed by atoms with Crippen molar-refractivity contribution in [2.24, 2.45) is 0 Å². The van der Waals surface area contributed by atoms with Gasteiger partial charge in [0.05, 0.1) is 6.42 Å². The van der Waals surface area contributed by atoms with Gasteiger partial charge < -0.3 is 14.7 Å². The minimum atomic E-state index is -0.958. The van der Waals surface area contributed by atoms with Gasteiger partial charge in [0, 0.05) is 23.6 Å². The van der Waals surface area contributed by atoms with E-state index in [1.54, 1.807) is 25.1 Å². The van der Waals surface area contributed by atoms with Crippen molar-refractivity contribution in [3.8, 4) is 5.75 Å². The van der Waals surface area contributed by atoms with E-state index in [1.807, 2.05) is 0 Å². The highest BCUT2D eigenvalue weighted by Crippen LogP contribution is 2.25. The summed E-state index contributed by atoms with van der Waals surface area (Å²) >= 11 is 11.7. The molecule has 0 aliphatic carbocycles. The molecule has 1 amide bonds. The van der Waals surface area contributed by atoms with Gasteiger partial charge >= 0.3 is 5.97 Å². The van der Waals surface area contributed by atoms with E-state index in [9.17, 15) is 9.59 Å². The van der Waals surface area contributed by atoms with Crippen LogP contribution in [0, 0.1) is 0 Å².